The van der Waals surface area contributed by atoms with Crippen molar-refractivity contribution in [1.29, 1.82) is 0 Å². The van der Waals surface area contributed by atoms with E-state index in [1.807, 2.05) is 43.5 Å². The van der Waals surface area contributed by atoms with E-state index in [9.17, 15) is 9.18 Å². The lowest BCUT2D eigenvalue weighted by molar-refractivity contribution is 0.102. The van der Waals surface area contributed by atoms with Crippen molar-refractivity contribution < 1.29 is 13.7 Å². The highest BCUT2D eigenvalue weighted by Crippen LogP contribution is 2.43. The number of carbonyl (C=O) groups excluding carboxylic acids is 1. The van der Waals surface area contributed by atoms with Gasteiger partial charge in [0.05, 0.1) is 23.2 Å². The van der Waals surface area contributed by atoms with Gasteiger partial charge in [0.15, 0.2) is 0 Å². The predicted octanol–water partition coefficient (Wildman–Crippen LogP) is 3.18. The molecule has 35 heavy (non-hydrogen) atoms. The summed E-state index contributed by atoms with van der Waals surface area (Å²) in [5.74, 6) is 0.160. The molecule has 3 aliphatic rings. The fourth-order valence-corrected chi connectivity index (χ4v) is 5.00. The van der Waals surface area contributed by atoms with Gasteiger partial charge in [-0.1, -0.05) is 17.3 Å². The number of benzene rings is 1. The van der Waals surface area contributed by atoms with E-state index >= 15 is 0 Å². The third-order valence-electron chi connectivity index (χ3n) is 7.38. The van der Waals surface area contributed by atoms with E-state index < -0.39 is 6.17 Å². The average molecular weight is 474 g/mol. The highest BCUT2D eigenvalue weighted by atomic mass is 19.1. The number of alkyl halides is 1. The van der Waals surface area contributed by atoms with Crippen LogP contribution < -0.4 is 15.5 Å². The lowest BCUT2D eigenvalue weighted by atomic mass is 9.74. The van der Waals surface area contributed by atoms with E-state index in [-0.39, 0.29) is 11.8 Å². The first-order chi connectivity index (χ1) is 17.0. The third-order valence-corrected chi connectivity index (χ3v) is 7.38. The van der Waals surface area contributed by atoms with Gasteiger partial charge < -0.3 is 20.1 Å². The molecule has 2 atom stereocenters. The number of carbonyl (C=O) groups is 1. The predicted molar refractivity (Wildman–Crippen MR) is 127 cm³/mol. The number of aromatic nitrogens is 4. The van der Waals surface area contributed by atoms with Crippen molar-refractivity contribution >= 4 is 22.8 Å². The van der Waals surface area contributed by atoms with Crippen LogP contribution in [0.25, 0.3) is 16.9 Å². The maximum Gasteiger partial charge on any atom is 0.259 e. The standard InChI is InChI=1S/C25H24FN7O2/c1-14-2-3-15(22-30-24(35-31-22)17-8-19(17)26)6-20(14)29-23(34)18-9-28-33-5-4-16(7-21(18)33)32-12-25(13-32)10-27-11-25/h2-7,9,17,19,27H,8,10-13H2,1H3,(H,29,34)/t17-,19-/m0/s1. The molecule has 1 aromatic carbocycles. The van der Waals surface area contributed by atoms with Gasteiger partial charge in [-0.2, -0.15) is 10.1 Å². The number of hydrogen-bond donors (Lipinski definition) is 2. The lowest BCUT2D eigenvalue weighted by Crippen LogP contribution is -2.71. The summed E-state index contributed by atoms with van der Waals surface area (Å²) in [6.45, 7) is 6.13. The van der Waals surface area contributed by atoms with Gasteiger partial charge in [0.25, 0.3) is 5.91 Å². The zero-order valence-corrected chi connectivity index (χ0v) is 19.2. The van der Waals surface area contributed by atoms with Gasteiger partial charge in [-0.3, -0.25) is 4.79 Å². The Kier molecular flexibility index (Phi) is 4.32. The van der Waals surface area contributed by atoms with Crippen molar-refractivity contribution in [2.75, 3.05) is 36.4 Å². The quantitative estimate of drug-likeness (QED) is 0.459. The second-order valence-electron chi connectivity index (χ2n) is 10.0. The number of nitrogens with one attached hydrogen (secondary N) is 2. The summed E-state index contributed by atoms with van der Waals surface area (Å²) < 4.78 is 20.3. The van der Waals surface area contributed by atoms with Crippen LogP contribution in [0.2, 0.25) is 0 Å². The molecule has 2 aliphatic heterocycles. The van der Waals surface area contributed by atoms with Crippen molar-refractivity contribution in [1.82, 2.24) is 25.1 Å². The molecular formula is C25H24FN7O2. The number of pyridine rings is 1. The van der Waals surface area contributed by atoms with Crippen molar-refractivity contribution in [2.24, 2.45) is 5.41 Å². The summed E-state index contributed by atoms with van der Waals surface area (Å²) in [6, 6.07) is 9.63. The second-order valence-corrected chi connectivity index (χ2v) is 10.0. The highest BCUT2D eigenvalue weighted by Gasteiger charge is 2.47. The van der Waals surface area contributed by atoms with Gasteiger partial charge in [-0.25, -0.2) is 8.91 Å². The Balaban J connectivity index is 1.13. The average Bonchev–Trinajstić information content (AvgIpc) is 3.19. The molecule has 0 radical (unpaired) electrons. The highest BCUT2D eigenvalue weighted by molar-refractivity contribution is 6.09. The van der Waals surface area contributed by atoms with E-state index in [1.165, 1.54) is 0 Å². The van der Waals surface area contributed by atoms with E-state index in [4.69, 9.17) is 4.52 Å². The Morgan fingerprint density at radius 1 is 1.26 bits per heavy atom. The van der Waals surface area contributed by atoms with E-state index in [1.54, 1.807) is 10.7 Å². The minimum absolute atomic E-state index is 0.243. The Bertz CT molecular complexity index is 1470. The molecule has 1 aliphatic carbocycles. The molecule has 2 saturated heterocycles. The molecule has 3 fully saturated rings. The fourth-order valence-electron chi connectivity index (χ4n) is 5.00. The molecule has 7 rings (SSSR count). The Morgan fingerprint density at radius 3 is 2.83 bits per heavy atom. The molecule has 1 saturated carbocycles. The van der Waals surface area contributed by atoms with Crippen LogP contribution in [0.5, 0.6) is 0 Å². The van der Waals surface area contributed by atoms with Crippen molar-refractivity contribution in [3.05, 3.63) is 59.7 Å². The third kappa shape index (κ3) is 3.39. The lowest BCUT2D eigenvalue weighted by Gasteiger charge is -2.57. The minimum atomic E-state index is -0.903. The molecule has 3 aromatic heterocycles. The van der Waals surface area contributed by atoms with E-state index in [0.29, 0.717) is 40.4 Å². The van der Waals surface area contributed by atoms with Gasteiger partial charge in [0.1, 0.15) is 6.17 Å². The number of fused-ring (bicyclic) bond motifs is 1. The molecule has 4 aromatic rings. The molecule has 5 heterocycles. The van der Waals surface area contributed by atoms with Crippen LogP contribution in [0.15, 0.2) is 47.2 Å². The second kappa shape index (κ2) is 7.35. The van der Waals surface area contributed by atoms with Gasteiger partial charge in [0, 0.05) is 54.7 Å². The summed E-state index contributed by atoms with van der Waals surface area (Å²) in [6.07, 6.45) is 3.01. The smallest absolute Gasteiger partial charge is 0.259 e. The van der Waals surface area contributed by atoms with Gasteiger partial charge in [-0.15, -0.1) is 0 Å². The van der Waals surface area contributed by atoms with Crippen LogP contribution in [-0.2, 0) is 0 Å². The van der Waals surface area contributed by atoms with E-state index in [0.717, 1.165) is 42.9 Å². The summed E-state index contributed by atoms with van der Waals surface area (Å²) in [4.78, 5) is 20.0. The maximum atomic E-state index is 13.3. The van der Waals surface area contributed by atoms with Crippen LogP contribution in [0.4, 0.5) is 15.8 Å². The Morgan fingerprint density at radius 2 is 2.09 bits per heavy atom. The van der Waals surface area contributed by atoms with Crippen LogP contribution in [0, 0.1) is 12.3 Å². The number of hydrogen-bond acceptors (Lipinski definition) is 7. The van der Waals surface area contributed by atoms with Crippen molar-refractivity contribution in [3.63, 3.8) is 0 Å². The molecule has 1 spiro atoms. The summed E-state index contributed by atoms with van der Waals surface area (Å²) >= 11 is 0. The molecule has 178 valence electrons. The first kappa shape index (κ1) is 20.6. The van der Waals surface area contributed by atoms with Crippen molar-refractivity contribution in [2.45, 2.75) is 25.4 Å². The number of halogens is 1. The molecule has 2 N–H and O–H groups in total. The summed E-state index contributed by atoms with van der Waals surface area (Å²) in [7, 11) is 0. The topological polar surface area (TPSA) is 101 Å². The number of nitrogens with zero attached hydrogens (tertiary/aromatic N) is 5. The maximum absolute atomic E-state index is 13.3. The van der Waals surface area contributed by atoms with Gasteiger partial charge >= 0.3 is 0 Å². The first-order valence-electron chi connectivity index (χ1n) is 11.8. The molecule has 0 unspecified atom stereocenters. The summed E-state index contributed by atoms with van der Waals surface area (Å²) in [5.41, 5.74) is 5.01. The molecule has 9 nitrogen and oxygen atoms in total. The normalized spacial score (nSPS) is 22.2. The molecule has 1 amide bonds. The largest absolute Gasteiger partial charge is 0.370 e. The van der Waals surface area contributed by atoms with Crippen molar-refractivity contribution in [3.8, 4) is 11.4 Å². The number of anilines is 2. The fraction of sp³-hybridized carbons (Fsp3) is 0.360. The van der Waals surface area contributed by atoms with Gasteiger partial charge in [-0.05, 0) is 37.1 Å². The zero-order chi connectivity index (χ0) is 23.7. The zero-order valence-electron chi connectivity index (χ0n) is 19.2. The number of aryl methyl sites for hydroxylation is 1. The van der Waals surface area contributed by atoms with Crippen LogP contribution in [0.3, 0.4) is 0 Å². The Labute approximate surface area is 200 Å². The van der Waals surface area contributed by atoms with Crippen LogP contribution in [-0.4, -0.2) is 58.0 Å². The monoisotopic (exact) mass is 473 g/mol. The molecule has 0 bridgehead atoms. The SMILES string of the molecule is Cc1ccc(-c2noc([C@H]3C[C@@H]3F)n2)cc1NC(=O)c1cnn2ccc(N3CC4(CNC4)C3)cc12. The number of rotatable bonds is 5. The van der Waals surface area contributed by atoms with Gasteiger partial charge in [0.2, 0.25) is 11.7 Å². The van der Waals surface area contributed by atoms with Crippen LogP contribution in [0.1, 0.15) is 34.2 Å². The minimum Gasteiger partial charge on any atom is -0.370 e. The number of amides is 1. The molecular weight excluding hydrogens is 449 g/mol. The Hall–Kier alpha value is -3.79. The van der Waals surface area contributed by atoms with E-state index in [2.05, 4.69) is 30.8 Å². The summed E-state index contributed by atoms with van der Waals surface area (Å²) in [5, 5.41) is 14.7. The molecule has 10 heteroatoms. The van der Waals surface area contributed by atoms with Crippen LogP contribution >= 0.6 is 0 Å². The first-order valence-corrected chi connectivity index (χ1v) is 11.8.